The zero-order chi connectivity index (χ0) is 10.5. The smallest absolute Gasteiger partial charge is 0.354 e. The van der Waals surface area contributed by atoms with E-state index < -0.39 is 5.97 Å². The van der Waals surface area contributed by atoms with Crippen LogP contribution in [0.1, 0.15) is 41.5 Å². The summed E-state index contributed by atoms with van der Waals surface area (Å²) in [4.78, 5) is 10.9. The van der Waals surface area contributed by atoms with E-state index in [1.165, 1.54) is 4.68 Å². The Morgan fingerprint density at radius 2 is 2.14 bits per heavy atom. The molecule has 4 heteroatoms. The summed E-state index contributed by atoms with van der Waals surface area (Å²) in [6, 6.07) is 0. The molecule has 1 N–H and O–H groups in total. The predicted molar refractivity (Wildman–Crippen MR) is 51.5 cm³/mol. The molecule has 1 fully saturated rings. The maximum atomic E-state index is 10.9. The van der Waals surface area contributed by atoms with Crippen molar-refractivity contribution >= 4 is 5.97 Å². The molecule has 1 aromatic rings. The van der Waals surface area contributed by atoms with Gasteiger partial charge < -0.3 is 5.11 Å². The highest BCUT2D eigenvalue weighted by Gasteiger charge is 2.43. The molecule has 0 amide bonds. The number of aryl methyl sites for hydroxylation is 1. The van der Waals surface area contributed by atoms with Crippen molar-refractivity contribution in [1.29, 1.82) is 0 Å². The van der Waals surface area contributed by atoms with E-state index in [0.717, 1.165) is 24.1 Å². The van der Waals surface area contributed by atoms with Gasteiger partial charge in [-0.2, -0.15) is 5.10 Å². The first-order chi connectivity index (χ1) is 6.46. The average molecular weight is 194 g/mol. The van der Waals surface area contributed by atoms with Crippen LogP contribution in [0.3, 0.4) is 0 Å². The second-order valence-corrected chi connectivity index (χ2v) is 4.31. The molecule has 0 bridgehead atoms. The number of hydrogen-bond donors (Lipinski definition) is 1. The van der Waals surface area contributed by atoms with Gasteiger partial charge in [0.05, 0.1) is 5.69 Å². The lowest BCUT2D eigenvalue weighted by atomic mass is 10.0. The lowest BCUT2D eigenvalue weighted by molar-refractivity contribution is 0.0684. The highest BCUT2D eigenvalue weighted by molar-refractivity contribution is 5.87. The molecular formula is C10H14N2O2. The van der Waals surface area contributed by atoms with Gasteiger partial charge in [-0.05, 0) is 19.8 Å². The van der Waals surface area contributed by atoms with Crippen LogP contribution < -0.4 is 0 Å². The molecule has 1 aliphatic rings. The Bertz CT molecular complexity index is 402. The van der Waals surface area contributed by atoms with Crippen molar-refractivity contribution in [2.24, 2.45) is 7.05 Å². The Morgan fingerprint density at radius 1 is 1.57 bits per heavy atom. The van der Waals surface area contributed by atoms with E-state index in [-0.39, 0.29) is 5.41 Å². The third kappa shape index (κ3) is 1.14. The summed E-state index contributed by atoms with van der Waals surface area (Å²) in [5.41, 5.74) is 2.22. The van der Waals surface area contributed by atoms with E-state index in [0.29, 0.717) is 5.69 Å². The SMILES string of the molecule is Cc1c(C2(C)CC2)nn(C)c1C(=O)O. The van der Waals surface area contributed by atoms with E-state index in [1.807, 2.05) is 6.92 Å². The molecule has 1 heterocycles. The summed E-state index contributed by atoms with van der Waals surface area (Å²) in [6.07, 6.45) is 2.23. The summed E-state index contributed by atoms with van der Waals surface area (Å²) >= 11 is 0. The molecule has 76 valence electrons. The predicted octanol–water partition coefficient (Wildman–Crippen LogP) is 1.48. The van der Waals surface area contributed by atoms with Gasteiger partial charge in [-0.1, -0.05) is 6.92 Å². The molecule has 0 atom stereocenters. The van der Waals surface area contributed by atoms with Gasteiger partial charge in [-0.3, -0.25) is 4.68 Å². The van der Waals surface area contributed by atoms with Crippen molar-refractivity contribution in [3.05, 3.63) is 17.0 Å². The first-order valence-electron chi connectivity index (χ1n) is 4.73. The Balaban J connectivity index is 2.55. The zero-order valence-corrected chi connectivity index (χ0v) is 8.66. The minimum Gasteiger partial charge on any atom is -0.477 e. The molecule has 2 rings (SSSR count). The van der Waals surface area contributed by atoms with Crippen LogP contribution in [0.4, 0.5) is 0 Å². The summed E-state index contributed by atoms with van der Waals surface area (Å²) in [7, 11) is 1.69. The first-order valence-corrected chi connectivity index (χ1v) is 4.73. The second-order valence-electron chi connectivity index (χ2n) is 4.31. The van der Waals surface area contributed by atoms with Gasteiger partial charge in [0.2, 0.25) is 0 Å². The van der Waals surface area contributed by atoms with E-state index in [2.05, 4.69) is 12.0 Å². The minimum atomic E-state index is -0.895. The zero-order valence-electron chi connectivity index (χ0n) is 8.66. The fraction of sp³-hybridized carbons (Fsp3) is 0.600. The number of aromatic carboxylic acids is 1. The molecule has 1 saturated carbocycles. The Morgan fingerprint density at radius 3 is 2.50 bits per heavy atom. The Labute approximate surface area is 82.5 Å². The normalized spacial score (nSPS) is 18.2. The maximum absolute atomic E-state index is 10.9. The Hall–Kier alpha value is -1.32. The monoisotopic (exact) mass is 194 g/mol. The Kier molecular flexibility index (Phi) is 1.71. The molecule has 0 aromatic carbocycles. The van der Waals surface area contributed by atoms with E-state index in [4.69, 9.17) is 5.11 Å². The van der Waals surface area contributed by atoms with Crippen LogP contribution >= 0.6 is 0 Å². The molecule has 0 aliphatic heterocycles. The molecule has 0 spiro atoms. The van der Waals surface area contributed by atoms with Gasteiger partial charge in [-0.25, -0.2) is 4.79 Å². The van der Waals surface area contributed by atoms with E-state index in [9.17, 15) is 4.79 Å². The number of carbonyl (C=O) groups is 1. The quantitative estimate of drug-likeness (QED) is 0.775. The number of nitrogens with zero attached hydrogens (tertiary/aromatic N) is 2. The van der Waals surface area contributed by atoms with Crippen molar-refractivity contribution in [2.45, 2.75) is 32.1 Å². The van der Waals surface area contributed by atoms with E-state index >= 15 is 0 Å². The van der Waals surface area contributed by atoms with Crippen molar-refractivity contribution in [1.82, 2.24) is 9.78 Å². The number of rotatable bonds is 2. The molecule has 1 aromatic heterocycles. The lowest BCUT2D eigenvalue weighted by Crippen LogP contribution is -2.06. The molecule has 1 aliphatic carbocycles. The summed E-state index contributed by atoms with van der Waals surface area (Å²) in [5, 5.41) is 13.3. The van der Waals surface area contributed by atoms with Crippen molar-refractivity contribution in [2.75, 3.05) is 0 Å². The van der Waals surface area contributed by atoms with E-state index in [1.54, 1.807) is 7.05 Å². The van der Waals surface area contributed by atoms with Gasteiger partial charge in [0, 0.05) is 18.0 Å². The van der Waals surface area contributed by atoms with Gasteiger partial charge in [0.1, 0.15) is 5.69 Å². The first kappa shape index (κ1) is 9.24. The molecule has 4 nitrogen and oxygen atoms in total. The highest BCUT2D eigenvalue weighted by Crippen LogP contribution is 2.48. The van der Waals surface area contributed by atoms with Crippen LogP contribution in [0.2, 0.25) is 0 Å². The fourth-order valence-electron chi connectivity index (χ4n) is 1.93. The van der Waals surface area contributed by atoms with Gasteiger partial charge >= 0.3 is 5.97 Å². The van der Waals surface area contributed by atoms with Crippen LogP contribution in [-0.4, -0.2) is 20.9 Å². The van der Waals surface area contributed by atoms with Gasteiger partial charge in [0.15, 0.2) is 0 Å². The number of carboxylic acid groups (broad SMARTS) is 1. The maximum Gasteiger partial charge on any atom is 0.354 e. The van der Waals surface area contributed by atoms with Crippen LogP contribution in [-0.2, 0) is 12.5 Å². The van der Waals surface area contributed by atoms with Crippen LogP contribution in [0.25, 0.3) is 0 Å². The molecule has 0 saturated heterocycles. The number of carboxylic acids is 1. The summed E-state index contributed by atoms with van der Waals surface area (Å²) in [6.45, 7) is 3.98. The topological polar surface area (TPSA) is 55.1 Å². The van der Waals surface area contributed by atoms with Crippen LogP contribution in [0, 0.1) is 6.92 Å². The molecular weight excluding hydrogens is 180 g/mol. The van der Waals surface area contributed by atoms with Crippen LogP contribution in [0.15, 0.2) is 0 Å². The lowest BCUT2D eigenvalue weighted by Gasteiger charge is -2.04. The largest absolute Gasteiger partial charge is 0.477 e. The van der Waals surface area contributed by atoms with Gasteiger partial charge in [-0.15, -0.1) is 0 Å². The summed E-state index contributed by atoms with van der Waals surface area (Å²) in [5.74, 6) is -0.895. The third-order valence-corrected chi connectivity index (χ3v) is 3.06. The number of aromatic nitrogens is 2. The van der Waals surface area contributed by atoms with Gasteiger partial charge in [0.25, 0.3) is 0 Å². The molecule has 0 radical (unpaired) electrons. The highest BCUT2D eigenvalue weighted by atomic mass is 16.4. The molecule has 0 unspecified atom stereocenters. The second kappa shape index (κ2) is 2.59. The van der Waals surface area contributed by atoms with Crippen LogP contribution in [0.5, 0.6) is 0 Å². The standard InChI is InChI=1S/C10H14N2O2/c1-6-7(9(13)14)12(3)11-8(6)10(2)4-5-10/h4-5H2,1-3H3,(H,13,14). The minimum absolute atomic E-state index is 0.134. The summed E-state index contributed by atoms with van der Waals surface area (Å²) < 4.78 is 1.47. The molecule has 14 heavy (non-hydrogen) atoms. The number of hydrogen-bond acceptors (Lipinski definition) is 2. The third-order valence-electron chi connectivity index (χ3n) is 3.06. The fourth-order valence-corrected chi connectivity index (χ4v) is 1.93. The average Bonchev–Trinajstić information content (AvgIpc) is 2.72. The van der Waals surface area contributed by atoms with Crippen molar-refractivity contribution in [3.63, 3.8) is 0 Å². The van der Waals surface area contributed by atoms with Crippen molar-refractivity contribution < 1.29 is 9.90 Å². The van der Waals surface area contributed by atoms with Crippen molar-refractivity contribution in [3.8, 4) is 0 Å².